The fraction of sp³-hybridized carbons (Fsp3) is 0.722. The number of piperidine rings is 2. The average molecular weight is 352 g/mol. The van der Waals surface area contributed by atoms with Crippen molar-refractivity contribution < 1.29 is 9.15 Å². The zero-order valence-electron chi connectivity index (χ0n) is 14.5. The van der Waals surface area contributed by atoms with E-state index < -0.39 is 0 Å². The smallest absolute Gasteiger partial charge is 0.166 e. The van der Waals surface area contributed by atoms with Crippen molar-refractivity contribution in [3.05, 3.63) is 24.2 Å². The molecule has 2 bridgehead atoms. The van der Waals surface area contributed by atoms with Crippen LogP contribution in [0.4, 0.5) is 0 Å². The molecule has 1 aromatic rings. The molecule has 1 aromatic heterocycles. The Hall–Kier alpha value is -1.11. The van der Waals surface area contributed by atoms with Crippen LogP contribution in [0.3, 0.4) is 0 Å². The van der Waals surface area contributed by atoms with E-state index in [1.807, 2.05) is 6.07 Å². The Bertz CT molecular complexity index is 494. The van der Waals surface area contributed by atoms with E-state index in [0.717, 1.165) is 49.8 Å². The van der Waals surface area contributed by atoms with E-state index in [2.05, 4.69) is 21.6 Å². The Balaban J connectivity index is 1.48. The molecule has 0 amide bonds. The number of furan rings is 1. The van der Waals surface area contributed by atoms with Gasteiger partial charge in [0.05, 0.1) is 12.8 Å². The zero-order chi connectivity index (χ0) is 16.8. The van der Waals surface area contributed by atoms with Gasteiger partial charge in [-0.3, -0.25) is 4.90 Å². The molecule has 2 aliphatic heterocycles. The molecular formula is C18H29N3O2S. The van der Waals surface area contributed by atoms with E-state index in [1.54, 1.807) is 13.4 Å². The lowest BCUT2D eigenvalue weighted by atomic mass is 9.81. The van der Waals surface area contributed by atoms with Crippen molar-refractivity contribution in [2.24, 2.45) is 0 Å². The van der Waals surface area contributed by atoms with Crippen LogP contribution in [0.25, 0.3) is 0 Å². The molecule has 2 N–H and O–H groups in total. The minimum absolute atomic E-state index is 0.482. The first-order valence-electron chi connectivity index (χ1n) is 9.07. The molecular weight excluding hydrogens is 322 g/mol. The highest BCUT2D eigenvalue weighted by atomic mass is 32.1. The normalized spacial score (nSPS) is 27.0. The van der Waals surface area contributed by atoms with Crippen LogP contribution in [0.2, 0.25) is 0 Å². The van der Waals surface area contributed by atoms with Crippen LogP contribution in [0, 0.1) is 0 Å². The molecule has 0 saturated carbocycles. The molecule has 2 aliphatic rings. The molecule has 2 atom stereocenters. The van der Waals surface area contributed by atoms with Gasteiger partial charge >= 0.3 is 0 Å². The minimum Gasteiger partial charge on any atom is -0.468 e. The third kappa shape index (κ3) is 4.71. The number of fused-ring (bicyclic) bond motifs is 2. The van der Waals surface area contributed by atoms with Crippen LogP contribution in [-0.4, -0.2) is 48.4 Å². The van der Waals surface area contributed by atoms with Crippen LogP contribution < -0.4 is 10.6 Å². The third-order valence-corrected chi connectivity index (χ3v) is 5.45. The number of thiocarbonyl (C=S) groups is 1. The molecule has 2 saturated heterocycles. The molecule has 3 heterocycles. The molecule has 5 nitrogen and oxygen atoms in total. The SMILES string of the molecule is COCCCNC(=S)NC1C[C@@H]2CCC[C@@H](C1)N2Cc1ccco1. The highest BCUT2D eigenvalue weighted by Crippen LogP contribution is 2.35. The van der Waals surface area contributed by atoms with E-state index in [9.17, 15) is 0 Å². The van der Waals surface area contributed by atoms with Crippen LogP contribution in [0.1, 0.15) is 44.3 Å². The van der Waals surface area contributed by atoms with E-state index in [0.29, 0.717) is 18.1 Å². The first kappa shape index (κ1) is 17.7. The summed E-state index contributed by atoms with van der Waals surface area (Å²) in [5, 5.41) is 7.61. The number of nitrogens with one attached hydrogen (secondary N) is 2. The van der Waals surface area contributed by atoms with Gasteiger partial charge in [-0.05, 0) is 56.5 Å². The van der Waals surface area contributed by atoms with E-state index in [4.69, 9.17) is 21.4 Å². The summed E-state index contributed by atoms with van der Waals surface area (Å²) >= 11 is 5.45. The maximum atomic E-state index is 5.56. The monoisotopic (exact) mass is 351 g/mol. The molecule has 0 spiro atoms. The molecule has 134 valence electrons. The number of rotatable bonds is 7. The fourth-order valence-electron chi connectivity index (χ4n) is 4.09. The standard InChI is InChI=1S/C18H29N3O2S/c1-22-9-4-8-19-18(24)20-14-11-15-5-2-6-16(12-14)21(15)13-17-7-3-10-23-17/h3,7,10,14-16H,2,4-6,8-9,11-13H2,1H3,(H2,19,20,24)/t15-,16-/m0/s1. The third-order valence-electron chi connectivity index (χ3n) is 5.19. The highest BCUT2D eigenvalue weighted by Gasteiger charge is 2.38. The van der Waals surface area contributed by atoms with Gasteiger partial charge in [-0.1, -0.05) is 6.42 Å². The predicted molar refractivity (Wildman–Crippen MR) is 98.9 cm³/mol. The molecule has 24 heavy (non-hydrogen) atoms. The Morgan fingerprint density at radius 2 is 2.17 bits per heavy atom. The largest absolute Gasteiger partial charge is 0.468 e. The van der Waals surface area contributed by atoms with Crippen molar-refractivity contribution in [1.82, 2.24) is 15.5 Å². The number of hydrogen-bond acceptors (Lipinski definition) is 4. The molecule has 6 heteroatoms. The van der Waals surface area contributed by atoms with E-state index in [-0.39, 0.29) is 0 Å². The van der Waals surface area contributed by atoms with Crippen molar-refractivity contribution >= 4 is 17.3 Å². The summed E-state index contributed by atoms with van der Waals surface area (Å²) in [4.78, 5) is 2.65. The minimum atomic E-state index is 0.482. The first-order valence-corrected chi connectivity index (χ1v) is 9.48. The molecule has 0 aromatic carbocycles. The summed E-state index contributed by atoms with van der Waals surface area (Å²) in [5.41, 5.74) is 0. The van der Waals surface area contributed by atoms with Crippen LogP contribution >= 0.6 is 12.2 Å². The summed E-state index contributed by atoms with van der Waals surface area (Å²) < 4.78 is 10.6. The highest BCUT2D eigenvalue weighted by molar-refractivity contribution is 7.80. The van der Waals surface area contributed by atoms with Crippen LogP contribution in [0.5, 0.6) is 0 Å². The van der Waals surface area contributed by atoms with Gasteiger partial charge in [-0.25, -0.2) is 0 Å². The lowest BCUT2D eigenvalue weighted by molar-refractivity contribution is 0.0160. The Morgan fingerprint density at radius 3 is 2.83 bits per heavy atom. The van der Waals surface area contributed by atoms with Gasteiger partial charge in [0.2, 0.25) is 0 Å². The number of hydrogen-bond donors (Lipinski definition) is 2. The van der Waals surface area contributed by atoms with Gasteiger partial charge in [0.15, 0.2) is 5.11 Å². The lowest BCUT2D eigenvalue weighted by Gasteiger charge is -2.48. The molecule has 3 rings (SSSR count). The van der Waals surface area contributed by atoms with Gasteiger partial charge in [0, 0.05) is 38.4 Å². The van der Waals surface area contributed by atoms with Crippen molar-refractivity contribution in [2.75, 3.05) is 20.3 Å². The van der Waals surface area contributed by atoms with Gasteiger partial charge in [-0.15, -0.1) is 0 Å². The van der Waals surface area contributed by atoms with Gasteiger partial charge in [0.25, 0.3) is 0 Å². The summed E-state index contributed by atoms with van der Waals surface area (Å²) in [7, 11) is 1.73. The fourth-order valence-corrected chi connectivity index (χ4v) is 4.36. The lowest BCUT2D eigenvalue weighted by Crippen LogP contribution is -2.57. The van der Waals surface area contributed by atoms with Crippen LogP contribution in [-0.2, 0) is 11.3 Å². The first-order chi connectivity index (χ1) is 11.8. The summed E-state index contributed by atoms with van der Waals surface area (Å²) in [6.45, 7) is 2.57. The van der Waals surface area contributed by atoms with Gasteiger partial charge in [0.1, 0.15) is 5.76 Å². The second-order valence-corrected chi connectivity index (χ2v) is 7.31. The molecule has 0 aliphatic carbocycles. The Morgan fingerprint density at radius 1 is 1.38 bits per heavy atom. The quantitative estimate of drug-likeness (QED) is 0.582. The number of methoxy groups -OCH3 is 1. The zero-order valence-corrected chi connectivity index (χ0v) is 15.3. The maximum absolute atomic E-state index is 5.56. The Kier molecular flexibility index (Phi) is 6.51. The summed E-state index contributed by atoms with van der Waals surface area (Å²) in [5.74, 6) is 1.08. The van der Waals surface area contributed by atoms with E-state index in [1.165, 1.54) is 19.3 Å². The van der Waals surface area contributed by atoms with Crippen molar-refractivity contribution in [3.8, 4) is 0 Å². The summed E-state index contributed by atoms with van der Waals surface area (Å²) in [6, 6.07) is 5.81. The topological polar surface area (TPSA) is 49.7 Å². The second kappa shape index (κ2) is 8.83. The number of nitrogens with zero attached hydrogens (tertiary/aromatic N) is 1. The van der Waals surface area contributed by atoms with Gasteiger partial charge in [-0.2, -0.15) is 0 Å². The summed E-state index contributed by atoms with van der Waals surface area (Å²) in [6.07, 6.45) is 8.98. The van der Waals surface area contributed by atoms with Crippen molar-refractivity contribution in [2.45, 2.75) is 63.2 Å². The second-order valence-electron chi connectivity index (χ2n) is 6.91. The Labute approximate surface area is 150 Å². The molecule has 0 radical (unpaired) electrons. The van der Waals surface area contributed by atoms with Crippen LogP contribution in [0.15, 0.2) is 22.8 Å². The van der Waals surface area contributed by atoms with Crippen molar-refractivity contribution in [3.63, 3.8) is 0 Å². The number of ether oxygens (including phenoxy) is 1. The maximum Gasteiger partial charge on any atom is 0.166 e. The average Bonchev–Trinajstić information content (AvgIpc) is 3.05. The van der Waals surface area contributed by atoms with Gasteiger partial charge < -0.3 is 19.8 Å². The van der Waals surface area contributed by atoms with E-state index >= 15 is 0 Å². The molecule has 0 unspecified atom stereocenters. The molecule has 2 fully saturated rings. The predicted octanol–water partition coefficient (Wildman–Crippen LogP) is 2.67. The van der Waals surface area contributed by atoms with Crippen molar-refractivity contribution in [1.29, 1.82) is 0 Å².